The zero-order valence-corrected chi connectivity index (χ0v) is 51.6. The average molecular weight is 1300 g/mol. The number of unbranched alkanes of at least 4 members (excludes halogenated alkanes) is 9. The van der Waals surface area contributed by atoms with Crippen molar-refractivity contribution < 1.29 is 97.6 Å². The molecule has 0 radical (unpaired) electrons. The van der Waals surface area contributed by atoms with Gasteiger partial charge in [-0.25, -0.2) is 9.59 Å². The van der Waals surface area contributed by atoms with Crippen LogP contribution in [0.2, 0.25) is 0 Å². The number of aliphatic hydroxyl groups excluding tert-OH is 4. The molecule has 0 bridgehead atoms. The van der Waals surface area contributed by atoms with E-state index in [1.54, 1.807) is 12.1 Å². The quantitative estimate of drug-likeness (QED) is 0.0152. The third-order valence-electron chi connectivity index (χ3n) is 14.0. The van der Waals surface area contributed by atoms with Crippen LogP contribution in [0.25, 0.3) is 0 Å². The first-order valence-electron chi connectivity index (χ1n) is 29.9. The van der Waals surface area contributed by atoms with Crippen LogP contribution in [-0.4, -0.2) is 207 Å². The Morgan fingerprint density at radius 1 is 0.667 bits per heavy atom. The standard InChI is InChI=1S/C57H91ClN12O20/c1-4-6-7-8-9-10-11-12-15-25-89-33-18-16-17-32(26-33)40(72)28-42(74)62-39-30-90-57(88)45(41(73)29-58)69-55(85)46(47(77)56(86)87)70-48(78)34(5-2)63-54(84)44(31(3)71)68-51(81)37(21-24-61)65-49(79)35(19-13-14-22-59)64-52(82)38(27-43(75)76)67-50(80)36(20-23-60)66-53(39)83/h5,16-18,26,31,35-41,44-47,71-73,77H,4,6-15,19-25,27-30,59-61H2,1-3H3,(H,62,74)(H,63,84)(H,64,82)(H,65,79)(H,66,83)(H,67,80)(H,68,81)(H,69,85)(H,70,78)(H,75,76)(H,86,87)/b34-5+/t31-,35-,36+,37-,38-,39-,40-,41+,44-,45-,46-,47?/m0/s1. The molecule has 0 aliphatic carbocycles. The molecule has 1 fully saturated rings. The number of alkyl halides is 1. The molecule has 2 rings (SSSR count). The number of ether oxygens (including phenoxy) is 2. The molecule has 1 heterocycles. The molecule has 1 unspecified atom stereocenters. The van der Waals surface area contributed by atoms with Crippen molar-refractivity contribution in [2.75, 3.05) is 38.7 Å². The maximum atomic E-state index is 14.3. The van der Waals surface area contributed by atoms with Crippen LogP contribution in [0.5, 0.6) is 5.75 Å². The first-order valence-corrected chi connectivity index (χ1v) is 30.4. The number of carbonyl (C=O) groups excluding carboxylic acids is 10. The van der Waals surface area contributed by atoms with Crippen molar-refractivity contribution in [2.45, 2.75) is 196 Å². The lowest BCUT2D eigenvalue weighted by molar-refractivity contribution is -0.155. The van der Waals surface area contributed by atoms with E-state index in [1.165, 1.54) is 37.8 Å². The van der Waals surface area contributed by atoms with Gasteiger partial charge >= 0.3 is 17.9 Å². The van der Waals surface area contributed by atoms with Crippen LogP contribution in [0.3, 0.4) is 0 Å². The molecule has 0 spiro atoms. The SMILES string of the molecule is C/C=C1/NC(=O)[C@H]([C@H](C)O)NC(=O)[C@H](CCN)NC(=O)[C@H](CCCCN)NC(=O)[C@H](CC(=O)O)NC(=O)[C@@H](CCN)NC(=O)[C@@H](NC(=O)C[C@H](O)c2cccc(OCCCCCCCCCCC)c2)COC(=O)[C@H]([C@H](O)CCl)NC(=O)[C@H](C(O)C(=O)O)NC1=O. The molecular weight excluding hydrogens is 1210 g/mol. The van der Waals surface area contributed by atoms with Crippen LogP contribution in [0.4, 0.5) is 0 Å². The summed E-state index contributed by atoms with van der Waals surface area (Å²) in [6.45, 7) is 2.92. The van der Waals surface area contributed by atoms with Gasteiger partial charge in [0.25, 0.3) is 5.91 Å². The Morgan fingerprint density at radius 3 is 1.76 bits per heavy atom. The lowest BCUT2D eigenvalue weighted by Gasteiger charge is -2.28. The summed E-state index contributed by atoms with van der Waals surface area (Å²) in [5, 5.41) is 82.9. The van der Waals surface area contributed by atoms with E-state index in [4.69, 9.17) is 38.3 Å². The molecule has 90 heavy (non-hydrogen) atoms. The molecule has 33 heteroatoms. The molecule has 1 aromatic rings. The molecular formula is C57H91ClN12O20. The first-order chi connectivity index (χ1) is 42.8. The maximum absolute atomic E-state index is 14.3. The van der Waals surface area contributed by atoms with Crippen molar-refractivity contribution >= 4 is 82.7 Å². The summed E-state index contributed by atoms with van der Waals surface area (Å²) < 4.78 is 11.2. The second-order valence-electron chi connectivity index (χ2n) is 21.4. The summed E-state index contributed by atoms with van der Waals surface area (Å²) in [5.41, 5.74) is 16.7. The number of aliphatic hydroxyl groups is 4. The number of carboxylic acids is 2. The summed E-state index contributed by atoms with van der Waals surface area (Å²) >= 11 is 5.89. The number of benzene rings is 1. The third-order valence-corrected chi connectivity index (χ3v) is 14.4. The predicted molar refractivity (Wildman–Crippen MR) is 322 cm³/mol. The topological polar surface area (TPSA) is 531 Å². The molecule has 506 valence electrons. The lowest BCUT2D eigenvalue weighted by atomic mass is 10.0. The van der Waals surface area contributed by atoms with E-state index in [2.05, 4.69) is 44.1 Å². The van der Waals surface area contributed by atoms with E-state index in [-0.39, 0.29) is 50.9 Å². The number of amides is 9. The van der Waals surface area contributed by atoms with Gasteiger partial charge in [0.2, 0.25) is 47.3 Å². The van der Waals surface area contributed by atoms with Crippen molar-refractivity contribution in [3.05, 3.63) is 41.6 Å². The van der Waals surface area contributed by atoms with Crippen LogP contribution in [0.1, 0.15) is 135 Å². The summed E-state index contributed by atoms with van der Waals surface area (Å²) in [5.74, 6) is -17.7. The van der Waals surface area contributed by atoms with Crippen molar-refractivity contribution in [3.63, 3.8) is 0 Å². The Balaban J connectivity index is 2.75. The second kappa shape index (κ2) is 42.4. The highest BCUT2D eigenvalue weighted by atomic mass is 35.5. The fourth-order valence-electron chi connectivity index (χ4n) is 8.93. The van der Waals surface area contributed by atoms with Crippen LogP contribution in [0.15, 0.2) is 36.0 Å². The highest BCUT2D eigenvalue weighted by molar-refractivity contribution is 6.18. The second-order valence-corrected chi connectivity index (χ2v) is 21.7. The van der Waals surface area contributed by atoms with Gasteiger partial charge in [-0.2, -0.15) is 0 Å². The summed E-state index contributed by atoms with van der Waals surface area (Å²) in [6.07, 6.45) is -0.137. The zero-order chi connectivity index (χ0) is 67.5. The number of hydrogen-bond acceptors (Lipinski definition) is 21. The monoisotopic (exact) mass is 1300 g/mol. The van der Waals surface area contributed by atoms with Crippen LogP contribution in [0, 0.1) is 0 Å². The zero-order valence-electron chi connectivity index (χ0n) is 50.9. The van der Waals surface area contributed by atoms with Crippen molar-refractivity contribution in [1.82, 2.24) is 47.9 Å². The normalized spacial score (nSPS) is 23.5. The highest BCUT2D eigenvalue weighted by Gasteiger charge is 2.41. The van der Waals surface area contributed by atoms with Gasteiger partial charge in [0.1, 0.15) is 60.3 Å². The smallest absolute Gasteiger partial charge is 0.335 e. The molecule has 1 aliphatic heterocycles. The van der Waals surface area contributed by atoms with Crippen LogP contribution < -0.4 is 69.8 Å². The highest BCUT2D eigenvalue weighted by Crippen LogP contribution is 2.23. The summed E-state index contributed by atoms with van der Waals surface area (Å²) in [6, 6.07) is -9.85. The first kappa shape index (κ1) is 78.5. The van der Waals surface area contributed by atoms with E-state index >= 15 is 0 Å². The Kier molecular flexibility index (Phi) is 37.0. The van der Waals surface area contributed by atoms with Gasteiger partial charge < -0.3 is 105 Å². The number of allylic oxidation sites excluding steroid dienone is 1. The van der Waals surface area contributed by atoms with Gasteiger partial charge in [-0.15, -0.1) is 11.6 Å². The average Bonchev–Trinajstić information content (AvgIpc) is 1.57. The fraction of sp³-hybridized carbons (Fsp3) is 0.649. The van der Waals surface area contributed by atoms with E-state index in [0.29, 0.717) is 12.4 Å². The molecule has 1 aromatic carbocycles. The molecule has 1 saturated heterocycles. The molecule has 32 nitrogen and oxygen atoms in total. The molecule has 21 N–H and O–H groups in total. The van der Waals surface area contributed by atoms with E-state index < -0.39 is 181 Å². The number of aliphatic carboxylic acids is 2. The minimum absolute atomic E-state index is 0.114. The number of halogens is 1. The van der Waals surface area contributed by atoms with E-state index in [0.717, 1.165) is 52.0 Å². The van der Waals surface area contributed by atoms with Gasteiger partial charge in [-0.1, -0.05) is 76.5 Å². The van der Waals surface area contributed by atoms with E-state index in [9.17, 15) is 88.2 Å². The van der Waals surface area contributed by atoms with Crippen LogP contribution >= 0.6 is 11.6 Å². The Bertz CT molecular complexity index is 2580. The number of carbonyl (C=O) groups is 12. The Labute approximate surface area is 526 Å². The van der Waals surface area contributed by atoms with Crippen molar-refractivity contribution in [1.29, 1.82) is 0 Å². The molecule has 1 aliphatic rings. The van der Waals surface area contributed by atoms with Gasteiger partial charge in [0.05, 0.1) is 43.6 Å². The predicted octanol–water partition coefficient (Wildman–Crippen LogP) is -3.80. The number of rotatable bonds is 30. The molecule has 0 aromatic heterocycles. The lowest BCUT2D eigenvalue weighted by Crippen LogP contribution is -2.62. The molecule has 12 atom stereocenters. The largest absolute Gasteiger partial charge is 0.494 e. The van der Waals surface area contributed by atoms with Gasteiger partial charge in [-0.05, 0) is 89.7 Å². The number of nitrogens with one attached hydrogen (secondary N) is 9. The number of nitrogens with two attached hydrogens (primary N) is 3. The number of hydrogen-bond donors (Lipinski definition) is 18. The fourth-order valence-corrected chi connectivity index (χ4v) is 9.11. The van der Waals surface area contributed by atoms with Crippen molar-refractivity contribution in [3.8, 4) is 5.75 Å². The Morgan fingerprint density at radius 2 is 1.21 bits per heavy atom. The Hall–Kier alpha value is -7.59. The van der Waals surface area contributed by atoms with E-state index in [1.807, 2.05) is 10.6 Å². The maximum Gasteiger partial charge on any atom is 0.335 e. The van der Waals surface area contributed by atoms with Gasteiger partial charge in [-0.3, -0.25) is 47.9 Å². The molecule has 9 amide bonds. The molecule has 0 saturated carbocycles. The summed E-state index contributed by atoms with van der Waals surface area (Å²) in [4.78, 5) is 164. The summed E-state index contributed by atoms with van der Waals surface area (Å²) in [7, 11) is 0. The number of carboxylic acid groups (broad SMARTS) is 2. The minimum atomic E-state index is -2.85. The van der Waals surface area contributed by atoms with Gasteiger partial charge in [0, 0.05) is 0 Å². The minimum Gasteiger partial charge on any atom is -0.494 e. The van der Waals surface area contributed by atoms with Crippen LogP contribution in [-0.2, 0) is 62.3 Å². The number of cyclic esters (lactones) is 1. The van der Waals surface area contributed by atoms with Gasteiger partial charge in [0.15, 0.2) is 12.1 Å². The number of esters is 1. The third kappa shape index (κ3) is 28.1. The van der Waals surface area contributed by atoms with Crippen molar-refractivity contribution in [2.24, 2.45) is 17.2 Å².